The summed E-state index contributed by atoms with van der Waals surface area (Å²) in [5.74, 6) is -1.92. The molecule has 0 spiro atoms. The summed E-state index contributed by atoms with van der Waals surface area (Å²) in [4.78, 5) is 34.0. The molecule has 0 atom stereocenters. The van der Waals surface area contributed by atoms with Gasteiger partial charge in [-0.2, -0.15) is 0 Å². The van der Waals surface area contributed by atoms with E-state index in [9.17, 15) is 14.4 Å². The monoisotopic (exact) mass is 243 g/mol. The third-order valence-electron chi connectivity index (χ3n) is 2.83. The van der Waals surface area contributed by atoms with Gasteiger partial charge in [0.25, 0.3) is 0 Å². The van der Waals surface area contributed by atoms with Crippen molar-refractivity contribution >= 4 is 17.9 Å². The van der Waals surface area contributed by atoms with Crippen LogP contribution in [-0.4, -0.2) is 46.5 Å². The second-order valence-electron chi connectivity index (χ2n) is 4.56. The Morgan fingerprint density at radius 3 is 2.29 bits per heavy atom. The van der Waals surface area contributed by atoms with E-state index < -0.39 is 31.0 Å². The molecule has 3 amide bonds. The number of carbonyl (C=O) groups excluding carboxylic acids is 2. The Labute approximate surface area is 98.9 Å². The first-order valence-electron chi connectivity index (χ1n) is 5.39. The molecule has 0 aliphatic heterocycles. The fraction of sp³-hybridized carbons (Fsp3) is 0.700. The largest absolute Gasteiger partial charge is 0.480 e. The minimum Gasteiger partial charge on any atom is -0.480 e. The van der Waals surface area contributed by atoms with Crippen molar-refractivity contribution in [1.82, 2.24) is 10.2 Å². The van der Waals surface area contributed by atoms with Gasteiger partial charge in [-0.15, -0.1) is 0 Å². The Bertz CT molecular complexity index is 322. The number of carboxylic acids is 1. The van der Waals surface area contributed by atoms with E-state index in [0.717, 1.165) is 24.2 Å². The normalized spacial score (nSPS) is 16.8. The van der Waals surface area contributed by atoms with E-state index in [4.69, 9.17) is 10.8 Å². The van der Waals surface area contributed by atoms with Gasteiger partial charge in [0.05, 0.1) is 0 Å². The SMILES string of the molecule is CC1(NC(=O)N(CC(N)=O)CC(=O)O)CCC1. The number of nitrogens with one attached hydrogen (secondary N) is 1. The molecule has 1 aliphatic carbocycles. The summed E-state index contributed by atoms with van der Waals surface area (Å²) in [6, 6.07) is -0.562. The van der Waals surface area contributed by atoms with E-state index in [1.54, 1.807) is 0 Å². The minimum absolute atomic E-state index is 0.286. The summed E-state index contributed by atoms with van der Waals surface area (Å²) in [5, 5.41) is 11.4. The molecule has 1 aliphatic rings. The van der Waals surface area contributed by atoms with Crippen molar-refractivity contribution in [3.8, 4) is 0 Å². The quantitative estimate of drug-likeness (QED) is 0.604. The first-order chi connectivity index (χ1) is 7.82. The first kappa shape index (κ1) is 13.3. The second-order valence-corrected chi connectivity index (χ2v) is 4.56. The number of nitrogens with two attached hydrogens (primary N) is 1. The Kier molecular flexibility index (Phi) is 3.93. The van der Waals surface area contributed by atoms with Crippen LogP contribution in [-0.2, 0) is 9.59 Å². The van der Waals surface area contributed by atoms with Crippen molar-refractivity contribution in [2.24, 2.45) is 5.73 Å². The molecule has 0 aromatic rings. The molecular formula is C10H17N3O4. The standard InChI is InChI=1S/C10H17N3O4/c1-10(3-2-4-10)12-9(17)13(5-7(11)14)6-8(15)16/h2-6H2,1H3,(H2,11,14)(H,12,17)(H,15,16). The third-order valence-corrected chi connectivity index (χ3v) is 2.83. The van der Waals surface area contributed by atoms with Gasteiger partial charge in [0, 0.05) is 5.54 Å². The molecule has 1 rings (SSSR count). The molecule has 0 aromatic carbocycles. The van der Waals surface area contributed by atoms with E-state index in [1.165, 1.54) is 0 Å². The average molecular weight is 243 g/mol. The van der Waals surface area contributed by atoms with Crippen molar-refractivity contribution in [3.05, 3.63) is 0 Å². The van der Waals surface area contributed by atoms with Gasteiger partial charge in [0.2, 0.25) is 5.91 Å². The van der Waals surface area contributed by atoms with Crippen LogP contribution in [0.4, 0.5) is 4.79 Å². The van der Waals surface area contributed by atoms with Crippen molar-refractivity contribution in [3.63, 3.8) is 0 Å². The minimum atomic E-state index is -1.18. The molecule has 1 saturated carbocycles. The van der Waals surface area contributed by atoms with E-state index in [1.807, 2.05) is 6.92 Å². The molecule has 17 heavy (non-hydrogen) atoms. The highest BCUT2D eigenvalue weighted by Gasteiger charge is 2.34. The van der Waals surface area contributed by atoms with Crippen molar-refractivity contribution in [2.75, 3.05) is 13.1 Å². The molecule has 1 fully saturated rings. The van der Waals surface area contributed by atoms with Crippen molar-refractivity contribution < 1.29 is 19.5 Å². The van der Waals surface area contributed by atoms with Gasteiger partial charge in [-0.05, 0) is 26.2 Å². The van der Waals surface area contributed by atoms with E-state index >= 15 is 0 Å². The maximum absolute atomic E-state index is 11.8. The third kappa shape index (κ3) is 3.93. The number of urea groups is 1. The number of carboxylic acid groups (broad SMARTS) is 1. The van der Waals surface area contributed by atoms with Crippen LogP contribution in [0.5, 0.6) is 0 Å². The van der Waals surface area contributed by atoms with Gasteiger partial charge >= 0.3 is 12.0 Å². The lowest BCUT2D eigenvalue weighted by Gasteiger charge is -2.40. The topological polar surface area (TPSA) is 113 Å². The summed E-state index contributed by atoms with van der Waals surface area (Å²) in [5.41, 5.74) is 4.68. The fourth-order valence-electron chi connectivity index (χ4n) is 1.72. The van der Waals surface area contributed by atoms with Crippen LogP contribution in [0.2, 0.25) is 0 Å². The zero-order chi connectivity index (χ0) is 13.1. The molecule has 0 saturated heterocycles. The number of hydrogen-bond acceptors (Lipinski definition) is 3. The average Bonchev–Trinajstić information content (AvgIpc) is 2.12. The highest BCUT2D eigenvalue weighted by Crippen LogP contribution is 2.30. The second kappa shape index (κ2) is 5.03. The van der Waals surface area contributed by atoms with Gasteiger partial charge in [-0.3, -0.25) is 9.59 Å². The van der Waals surface area contributed by atoms with Gasteiger partial charge in [-0.1, -0.05) is 0 Å². The van der Waals surface area contributed by atoms with Gasteiger partial charge in [0.1, 0.15) is 13.1 Å². The predicted molar refractivity (Wildman–Crippen MR) is 59.2 cm³/mol. The molecule has 96 valence electrons. The fourth-order valence-corrected chi connectivity index (χ4v) is 1.72. The first-order valence-corrected chi connectivity index (χ1v) is 5.39. The molecular weight excluding hydrogens is 226 g/mol. The van der Waals surface area contributed by atoms with Crippen LogP contribution in [0.25, 0.3) is 0 Å². The van der Waals surface area contributed by atoms with Crippen molar-refractivity contribution in [1.29, 1.82) is 0 Å². The number of nitrogens with zero attached hydrogens (tertiary/aromatic N) is 1. The molecule has 4 N–H and O–H groups in total. The Morgan fingerprint density at radius 1 is 1.35 bits per heavy atom. The molecule has 0 bridgehead atoms. The smallest absolute Gasteiger partial charge is 0.323 e. The molecule has 0 unspecified atom stereocenters. The number of carbonyl (C=O) groups is 3. The number of hydrogen-bond donors (Lipinski definition) is 3. The lowest BCUT2D eigenvalue weighted by molar-refractivity contribution is -0.137. The maximum Gasteiger partial charge on any atom is 0.323 e. The summed E-state index contributed by atoms with van der Waals surface area (Å²) < 4.78 is 0. The highest BCUT2D eigenvalue weighted by atomic mass is 16.4. The van der Waals surface area contributed by atoms with Gasteiger partial charge in [0.15, 0.2) is 0 Å². The summed E-state index contributed by atoms with van der Waals surface area (Å²) >= 11 is 0. The lowest BCUT2D eigenvalue weighted by Crippen LogP contribution is -2.57. The van der Waals surface area contributed by atoms with E-state index in [0.29, 0.717) is 0 Å². The van der Waals surface area contributed by atoms with Crippen LogP contribution in [0.3, 0.4) is 0 Å². The van der Waals surface area contributed by atoms with E-state index in [2.05, 4.69) is 5.32 Å². The summed E-state index contributed by atoms with van der Waals surface area (Å²) in [7, 11) is 0. The van der Waals surface area contributed by atoms with Crippen LogP contribution in [0, 0.1) is 0 Å². The number of amides is 3. The number of primary amides is 1. The summed E-state index contributed by atoms with van der Waals surface area (Å²) in [6.45, 7) is 0.955. The molecule has 7 heteroatoms. The molecule has 0 aromatic heterocycles. The van der Waals surface area contributed by atoms with E-state index in [-0.39, 0.29) is 5.54 Å². The summed E-state index contributed by atoms with van der Waals surface area (Å²) in [6.07, 6.45) is 2.75. The molecule has 7 nitrogen and oxygen atoms in total. The van der Waals surface area contributed by atoms with Gasteiger partial charge < -0.3 is 21.1 Å². The van der Waals surface area contributed by atoms with Crippen molar-refractivity contribution in [2.45, 2.75) is 31.7 Å². The predicted octanol–water partition coefficient (Wildman–Crippen LogP) is -0.489. The number of rotatable bonds is 5. The van der Waals surface area contributed by atoms with Gasteiger partial charge in [-0.25, -0.2) is 4.79 Å². The molecule has 0 radical (unpaired) electrons. The Hall–Kier alpha value is -1.79. The highest BCUT2D eigenvalue weighted by molar-refractivity contribution is 5.86. The lowest BCUT2D eigenvalue weighted by atomic mass is 9.79. The number of aliphatic carboxylic acids is 1. The maximum atomic E-state index is 11.8. The van der Waals surface area contributed by atoms with Crippen LogP contribution >= 0.6 is 0 Å². The zero-order valence-electron chi connectivity index (χ0n) is 9.73. The Morgan fingerprint density at radius 2 is 1.94 bits per heavy atom. The van der Waals surface area contributed by atoms with Crippen LogP contribution in [0.15, 0.2) is 0 Å². The molecule has 0 heterocycles. The Balaban J connectivity index is 2.58. The van der Waals surface area contributed by atoms with Crippen LogP contribution in [0.1, 0.15) is 26.2 Å². The zero-order valence-corrected chi connectivity index (χ0v) is 9.73. The van der Waals surface area contributed by atoms with Crippen LogP contribution < -0.4 is 11.1 Å².